The number of carbonyl (C=O) groups is 2. The lowest BCUT2D eigenvalue weighted by Gasteiger charge is -2.34. The maximum absolute atomic E-state index is 12.7. The van der Waals surface area contributed by atoms with E-state index in [-0.39, 0.29) is 11.8 Å². The van der Waals surface area contributed by atoms with Gasteiger partial charge in [0.1, 0.15) is 0 Å². The van der Waals surface area contributed by atoms with Crippen LogP contribution in [0.5, 0.6) is 0 Å². The number of hydrogen-bond acceptors (Lipinski definition) is 4. The minimum Gasteiger partial charge on any atom is -0.335 e. The third kappa shape index (κ3) is 3.57. The number of piperazine rings is 1. The predicted molar refractivity (Wildman–Crippen MR) is 99.6 cm³/mol. The number of hydrogen-bond donors (Lipinski definition) is 0. The number of rotatable bonds is 3. The molecule has 4 rings (SSSR count). The summed E-state index contributed by atoms with van der Waals surface area (Å²) >= 11 is 0. The molecule has 0 unspecified atom stereocenters. The lowest BCUT2D eigenvalue weighted by Crippen LogP contribution is -2.50. The third-order valence-electron chi connectivity index (χ3n) is 4.57. The van der Waals surface area contributed by atoms with Gasteiger partial charge in [0.05, 0.1) is 11.9 Å². The van der Waals surface area contributed by atoms with Crippen LogP contribution in [0.2, 0.25) is 0 Å². The van der Waals surface area contributed by atoms with Crippen molar-refractivity contribution in [1.29, 1.82) is 0 Å². The van der Waals surface area contributed by atoms with Crippen molar-refractivity contribution in [2.45, 2.75) is 0 Å². The minimum absolute atomic E-state index is 0.00211. The van der Waals surface area contributed by atoms with Crippen LogP contribution in [0.15, 0.2) is 66.9 Å². The first-order valence-corrected chi connectivity index (χ1v) is 8.84. The molecule has 2 aromatic carbocycles. The van der Waals surface area contributed by atoms with Crippen LogP contribution in [-0.2, 0) is 0 Å². The summed E-state index contributed by atoms with van der Waals surface area (Å²) in [5.74, 6) is -0.165. The summed E-state index contributed by atoms with van der Waals surface area (Å²) in [4.78, 5) is 30.1. The van der Waals surface area contributed by atoms with E-state index < -0.39 is 0 Å². The Morgan fingerprint density at radius 2 is 1.30 bits per heavy atom. The molecule has 1 aromatic heterocycles. The van der Waals surface area contributed by atoms with E-state index in [1.807, 2.05) is 60.7 Å². The highest BCUT2D eigenvalue weighted by molar-refractivity contribution is 5.95. The van der Waals surface area contributed by atoms with E-state index in [0.29, 0.717) is 37.4 Å². The Labute approximate surface area is 156 Å². The highest BCUT2D eigenvalue weighted by Crippen LogP contribution is 2.11. The number of benzene rings is 2. The molecule has 0 spiro atoms. The van der Waals surface area contributed by atoms with Crippen LogP contribution in [0.4, 0.5) is 0 Å². The Balaban J connectivity index is 1.39. The highest BCUT2D eigenvalue weighted by Gasteiger charge is 2.26. The molecule has 0 radical (unpaired) electrons. The maximum Gasteiger partial charge on any atom is 0.276 e. The molecule has 0 N–H and O–H groups in total. The van der Waals surface area contributed by atoms with Gasteiger partial charge in [0, 0.05) is 31.7 Å². The van der Waals surface area contributed by atoms with Crippen LogP contribution in [0.25, 0.3) is 5.69 Å². The van der Waals surface area contributed by atoms with Crippen LogP contribution >= 0.6 is 0 Å². The van der Waals surface area contributed by atoms with Gasteiger partial charge in [-0.05, 0) is 24.3 Å². The lowest BCUT2D eigenvalue weighted by atomic mass is 10.2. The average molecular weight is 361 g/mol. The van der Waals surface area contributed by atoms with Crippen LogP contribution in [0.1, 0.15) is 20.8 Å². The van der Waals surface area contributed by atoms with E-state index >= 15 is 0 Å². The zero-order chi connectivity index (χ0) is 18.6. The molecule has 2 heterocycles. The van der Waals surface area contributed by atoms with Crippen molar-refractivity contribution < 1.29 is 9.59 Å². The van der Waals surface area contributed by atoms with E-state index in [1.54, 1.807) is 9.80 Å². The molecule has 7 heteroatoms. The molecular weight excluding hydrogens is 342 g/mol. The van der Waals surface area contributed by atoms with Gasteiger partial charge < -0.3 is 9.80 Å². The van der Waals surface area contributed by atoms with Gasteiger partial charge in [0.2, 0.25) is 0 Å². The Hall–Kier alpha value is -3.48. The van der Waals surface area contributed by atoms with Crippen LogP contribution in [0.3, 0.4) is 0 Å². The van der Waals surface area contributed by atoms with E-state index in [1.165, 1.54) is 11.0 Å². The zero-order valence-electron chi connectivity index (χ0n) is 14.7. The van der Waals surface area contributed by atoms with Crippen molar-refractivity contribution >= 4 is 11.8 Å². The smallest absolute Gasteiger partial charge is 0.276 e. The van der Waals surface area contributed by atoms with Gasteiger partial charge in [0.25, 0.3) is 11.8 Å². The molecule has 7 nitrogen and oxygen atoms in total. The van der Waals surface area contributed by atoms with Gasteiger partial charge in [-0.15, -0.1) is 5.10 Å². The monoisotopic (exact) mass is 361 g/mol. The first-order chi connectivity index (χ1) is 13.2. The molecule has 0 saturated carbocycles. The highest BCUT2D eigenvalue weighted by atomic mass is 16.2. The Kier molecular flexibility index (Phi) is 4.65. The second-order valence-electron chi connectivity index (χ2n) is 6.31. The molecule has 27 heavy (non-hydrogen) atoms. The summed E-state index contributed by atoms with van der Waals surface area (Å²) in [7, 11) is 0. The van der Waals surface area contributed by atoms with Crippen LogP contribution in [0, 0.1) is 0 Å². The van der Waals surface area contributed by atoms with E-state index in [2.05, 4.69) is 10.2 Å². The lowest BCUT2D eigenvalue weighted by molar-refractivity contribution is 0.0532. The Morgan fingerprint density at radius 3 is 1.93 bits per heavy atom. The average Bonchev–Trinajstić information content (AvgIpc) is 3.24. The second kappa shape index (κ2) is 7.41. The van der Waals surface area contributed by atoms with Gasteiger partial charge in [-0.25, -0.2) is 0 Å². The topological polar surface area (TPSA) is 71.3 Å². The molecule has 1 fully saturated rings. The number of carbonyl (C=O) groups excluding carboxylic acids is 2. The summed E-state index contributed by atoms with van der Waals surface area (Å²) < 4.78 is 0. The normalized spacial score (nSPS) is 14.2. The molecular formula is C20H19N5O2. The predicted octanol–water partition coefficient (Wildman–Crippen LogP) is 1.87. The van der Waals surface area contributed by atoms with E-state index in [9.17, 15) is 9.59 Å². The van der Waals surface area contributed by atoms with Crippen molar-refractivity contribution in [1.82, 2.24) is 24.8 Å². The molecule has 1 aliphatic rings. The number of para-hydroxylation sites is 1. The third-order valence-corrected chi connectivity index (χ3v) is 4.57. The van der Waals surface area contributed by atoms with Crippen molar-refractivity contribution in [3.8, 4) is 5.69 Å². The summed E-state index contributed by atoms with van der Waals surface area (Å²) in [6.45, 7) is 1.98. The molecule has 2 amide bonds. The summed E-state index contributed by atoms with van der Waals surface area (Å²) in [5.41, 5.74) is 1.78. The SMILES string of the molecule is O=C(c1ccccc1)N1CCN(C(=O)c2cnn(-c3ccccc3)n2)CC1. The summed E-state index contributed by atoms with van der Waals surface area (Å²) in [6, 6.07) is 18.7. The second-order valence-corrected chi connectivity index (χ2v) is 6.31. The summed E-state index contributed by atoms with van der Waals surface area (Å²) in [6.07, 6.45) is 1.48. The Morgan fingerprint density at radius 1 is 0.741 bits per heavy atom. The zero-order valence-corrected chi connectivity index (χ0v) is 14.7. The quantitative estimate of drug-likeness (QED) is 0.714. The van der Waals surface area contributed by atoms with Crippen molar-refractivity contribution in [3.05, 3.63) is 78.1 Å². The summed E-state index contributed by atoms with van der Waals surface area (Å²) in [5, 5.41) is 8.47. The first kappa shape index (κ1) is 17.0. The fourth-order valence-corrected chi connectivity index (χ4v) is 3.08. The molecule has 3 aromatic rings. The molecule has 0 atom stereocenters. The molecule has 136 valence electrons. The number of nitrogens with zero attached hydrogens (tertiary/aromatic N) is 5. The van der Waals surface area contributed by atoms with Gasteiger partial charge in [0.15, 0.2) is 5.69 Å². The van der Waals surface area contributed by atoms with Gasteiger partial charge >= 0.3 is 0 Å². The number of aromatic nitrogens is 3. The Bertz CT molecular complexity index is 931. The molecule has 1 saturated heterocycles. The van der Waals surface area contributed by atoms with Gasteiger partial charge in [-0.3, -0.25) is 9.59 Å². The largest absolute Gasteiger partial charge is 0.335 e. The molecule has 1 aliphatic heterocycles. The van der Waals surface area contributed by atoms with E-state index in [4.69, 9.17) is 0 Å². The first-order valence-electron chi connectivity index (χ1n) is 8.84. The molecule has 0 aliphatic carbocycles. The van der Waals surface area contributed by atoms with Gasteiger partial charge in [-0.2, -0.15) is 9.90 Å². The van der Waals surface area contributed by atoms with Crippen molar-refractivity contribution in [3.63, 3.8) is 0 Å². The van der Waals surface area contributed by atoms with Gasteiger partial charge in [-0.1, -0.05) is 36.4 Å². The standard InChI is InChI=1S/C20H19N5O2/c26-19(16-7-3-1-4-8-16)23-11-13-24(14-12-23)20(27)18-15-21-25(22-18)17-9-5-2-6-10-17/h1-10,15H,11-14H2. The number of amides is 2. The van der Waals surface area contributed by atoms with Crippen molar-refractivity contribution in [2.75, 3.05) is 26.2 Å². The minimum atomic E-state index is -0.163. The fourth-order valence-electron chi connectivity index (χ4n) is 3.08. The maximum atomic E-state index is 12.7. The fraction of sp³-hybridized carbons (Fsp3) is 0.200. The van der Waals surface area contributed by atoms with E-state index in [0.717, 1.165) is 5.69 Å². The molecule has 0 bridgehead atoms. The van der Waals surface area contributed by atoms with Crippen LogP contribution in [-0.4, -0.2) is 62.8 Å². The van der Waals surface area contributed by atoms with Crippen LogP contribution < -0.4 is 0 Å². The van der Waals surface area contributed by atoms with Crippen molar-refractivity contribution in [2.24, 2.45) is 0 Å².